The maximum atomic E-state index is 12.0. The lowest BCUT2D eigenvalue weighted by Gasteiger charge is -2.31. The van der Waals surface area contributed by atoms with Crippen LogP contribution in [0.1, 0.15) is 30.2 Å². The van der Waals surface area contributed by atoms with Gasteiger partial charge in [-0.1, -0.05) is 0 Å². The third-order valence-corrected chi connectivity index (χ3v) is 4.72. The van der Waals surface area contributed by atoms with Crippen LogP contribution in [0.3, 0.4) is 0 Å². The van der Waals surface area contributed by atoms with E-state index in [0.717, 1.165) is 0 Å². The number of aromatic nitrogens is 2. The van der Waals surface area contributed by atoms with Crippen LogP contribution in [0.15, 0.2) is 12.4 Å². The van der Waals surface area contributed by atoms with Crippen LogP contribution in [-0.4, -0.2) is 67.0 Å². The second kappa shape index (κ2) is 6.76. The number of rotatable bonds is 5. The van der Waals surface area contributed by atoms with Gasteiger partial charge in [0.25, 0.3) is 5.91 Å². The topological polar surface area (TPSA) is 93.5 Å². The molecule has 9 heteroatoms. The summed E-state index contributed by atoms with van der Waals surface area (Å²) in [6.45, 7) is 5.15. The lowest BCUT2D eigenvalue weighted by molar-refractivity contribution is 0.000437. The Hall–Kier alpha value is -1.45. The molecule has 1 amide bonds. The Morgan fingerprint density at radius 3 is 2.86 bits per heavy atom. The molecule has 1 N–H and O–H groups in total. The second-order valence-electron chi connectivity index (χ2n) is 5.63. The summed E-state index contributed by atoms with van der Waals surface area (Å²) in [5.74, 6) is -0.244. The molecule has 1 unspecified atom stereocenters. The van der Waals surface area contributed by atoms with Crippen molar-refractivity contribution in [2.45, 2.75) is 26.0 Å². The predicted octanol–water partition coefficient (Wildman–Crippen LogP) is -0.146. The molecule has 0 bridgehead atoms. The van der Waals surface area contributed by atoms with Crippen LogP contribution in [0.4, 0.5) is 0 Å². The van der Waals surface area contributed by atoms with Crippen LogP contribution in [-0.2, 0) is 14.8 Å². The number of nitrogens with one attached hydrogen (secondary N) is 1. The Morgan fingerprint density at radius 2 is 2.27 bits per heavy atom. The molecule has 0 radical (unpaired) electrons. The average molecular weight is 330 g/mol. The summed E-state index contributed by atoms with van der Waals surface area (Å²) >= 11 is 0. The van der Waals surface area contributed by atoms with Gasteiger partial charge in [-0.25, -0.2) is 8.42 Å². The Kier molecular flexibility index (Phi) is 5.20. The summed E-state index contributed by atoms with van der Waals surface area (Å²) in [4.78, 5) is 12.0. The van der Waals surface area contributed by atoms with Crippen LogP contribution >= 0.6 is 0 Å². The second-order valence-corrected chi connectivity index (χ2v) is 7.61. The minimum Gasteiger partial charge on any atom is -0.374 e. The molecule has 0 saturated carbocycles. The first kappa shape index (κ1) is 16.9. The zero-order valence-corrected chi connectivity index (χ0v) is 13.8. The summed E-state index contributed by atoms with van der Waals surface area (Å²) in [6.07, 6.45) is 4.03. The van der Waals surface area contributed by atoms with Crippen LogP contribution < -0.4 is 5.32 Å². The molecule has 1 fully saturated rings. The van der Waals surface area contributed by atoms with Gasteiger partial charge in [0.15, 0.2) is 0 Å². The number of carbonyl (C=O) groups is 1. The number of sulfonamides is 1. The number of hydrogen-bond acceptors (Lipinski definition) is 5. The molecule has 1 aliphatic heterocycles. The molecule has 2 rings (SSSR count). The van der Waals surface area contributed by atoms with E-state index in [1.807, 2.05) is 13.8 Å². The normalized spacial score (nSPS) is 20.3. The molecule has 0 aromatic carbocycles. The average Bonchev–Trinajstić information content (AvgIpc) is 2.94. The van der Waals surface area contributed by atoms with Gasteiger partial charge < -0.3 is 10.1 Å². The quantitative estimate of drug-likeness (QED) is 0.811. The van der Waals surface area contributed by atoms with E-state index in [-0.39, 0.29) is 31.1 Å². The van der Waals surface area contributed by atoms with Crippen molar-refractivity contribution in [3.8, 4) is 0 Å². The first-order valence-electron chi connectivity index (χ1n) is 7.16. The molecule has 8 nitrogen and oxygen atoms in total. The van der Waals surface area contributed by atoms with E-state index in [0.29, 0.717) is 18.7 Å². The number of carbonyl (C=O) groups excluding carboxylic acids is 1. The van der Waals surface area contributed by atoms with Gasteiger partial charge >= 0.3 is 0 Å². The minimum absolute atomic E-state index is 0.187. The third kappa shape index (κ3) is 4.28. The third-order valence-electron chi connectivity index (χ3n) is 3.45. The SMILES string of the molecule is CC(C)n1cc(C(=O)NCC2CN(S(C)(=O)=O)CCO2)cn1. The van der Waals surface area contributed by atoms with Crippen molar-refractivity contribution in [2.75, 3.05) is 32.5 Å². The van der Waals surface area contributed by atoms with E-state index in [1.54, 1.807) is 10.9 Å². The van der Waals surface area contributed by atoms with Gasteiger partial charge in [-0.2, -0.15) is 9.40 Å². The molecular formula is C13H22N4O4S. The Labute approximate surface area is 130 Å². The van der Waals surface area contributed by atoms with Gasteiger partial charge in [0.1, 0.15) is 0 Å². The molecule has 1 atom stereocenters. The summed E-state index contributed by atoms with van der Waals surface area (Å²) in [7, 11) is -3.23. The van der Waals surface area contributed by atoms with Crippen LogP contribution in [0.5, 0.6) is 0 Å². The number of ether oxygens (including phenoxy) is 1. The number of nitrogens with zero attached hydrogens (tertiary/aromatic N) is 3. The van der Waals surface area contributed by atoms with Crippen molar-refractivity contribution < 1.29 is 17.9 Å². The van der Waals surface area contributed by atoms with Crippen LogP contribution in [0, 0.1) is 0 Å². The minimum atomic E-state index is -3.23. The van der Waals surface area contributed by atoms with Crippen molar-refractivity contribution in [3.63, 3.8) is 0 Å². The standard InChI is InChI=1S/C13H22N4O4S/c1-10(2)17-8-11(6-15-17)13(18)14-7-12-9-16(4-5-21-12)22(3,19)20/h6,8,10,12H,4-5,7,9H2,1-3H3,(H,14,18). The fourth-order valence-corrected chi connectivity index (χ4v) is 3.01. The number of morpholine rings is 1. The van der Waals surface area contributed by atoms with Crippen molar-refractivity contribution in [3.05, 3.63) is 18.0 Å². The molecule has 22 heavy (non-hydrogen) atoms. The molecule has 0 aliphatic carbocycles. The molecular weight excluding hydrogens is 308 g/mol. The van der Waals surface area contributed by atoms with E-state index in [9.17, 15) is 13.2 Å². The largest absolute Gasteiger partial charge is 0.374 e. The molecule has 1 aromatic heterocycles. The Morgan fingerprint density at radius 1 is 1.55 bits per heavy atom. The first-order valence-corrected chi connectivity index (χ1v) is 9.01. The van der Waals surface area contributed by atoms with Crippen LogP contribution in [0.2, 0.25) is 0 Å². The van der Waals surface area contributed by atoms with Gasteiger partial charge in [-0.3, -0.25) is 9.48 Å². The summed E-state index contributed by atoms with van der Waals surface area (Å²) in [5.41, 5.74) is 0.476. The molecule has 1 saturated heterocycles. The highest BCUT2D eigenvalue weighted by atomic mass is 32.2. The fraction of sp³-hybridized carbons (Fsp3) is 0.692. The highest BCUT2D eigenvalue weighted by Gasteiger charge is 2.26. The maximum absolute atomic E-state index is 12.0. The molecule has 124 valence electrons. The smallest absolute Gasteiger partial charge is 0.254 e. The highest BCUT2D eigenvalue weighted by Crippen LogP contribution is 2.09. The number of hydrogen-bond donors (Lipinski definition) is 1. The van der Waals surface area contributed by atoms with Crippen molar-refractivity contribution >= 4 is 15.9 Å². The monoisotopic (exact) mass is 330 g/mol. The Balaban J connectivity index is 1.88. The van der Waals surface area contributed by atoms with Gasteiger partial charge in [0.2, 0.25) is 10.0 Å². The van der Waals surface area contributed by atoms with Crippen molar-refractivity contribution in [1.29, 1.82) is 0 Å². The lowest BCUT2D eigenvalue weighted by atomic mass is 10.3. The van der Waals surface area contributed by atoms with E-state index in [1.165, 1.54) is 16.8 Å². The van der Waals surface area contributed by atoms with E-state index >= 15 is 0 Å². The van der Waals surface area contributed by atoms with Gasteiger partial charge in [-0.15, -0.1) is 0 Å². The maximum Gasteiger partial charge on any atom is 0.254 e. The van der Waals surface area contributed by atoms with Crippen LogP contribution in [0.25, 0.3) is 0 Å². The van der Waals surface area contributed by atoms with Crippen molar-refractivity contribution in [1.82, 2.24) is 19.4 Å². The predicted molar refractivity (Wildman–Crippen MR) is 81.1 cm³/mol. The molecule has 1 aromatic rings. The summed E-state index contributed by atoms with van der Waals surface area (Å²) < 4.78 is 31.6. The van der Waals surface area contributed by atoms with Crippen molar-refractivity contribution in [2.24, 2.45) is 0 Å². The lowest BCUT2D eigenvalue weighted by Crippen LogP contribution is -2.49. The molecule has 1 aliphatic rings. The molecule has 0 spiro atoms. The first-order chi connectivity index (χ1) is 10.3. The fourth-order valence-electron chi connectivity index (χ4n) is 2.16. The number of amides is 1. The van der Waals surface area contributed by atoms with E-state index < -0.39 is 10.0 Å². The van der Waals surface area contributed by atoms with E-state index in [4.69, 9.17) is 4.74 Å². The summed E-state index contributed by atoms with van der Waals surface area (Å²) in [5, 5.41) is 6.87. The highest BCUT2D eigenvalue weighted by molar-refractivity contribution is 7.88. The van der Waals surface area contributed by atoms with E-state index in [2.05, 4.69) is 10.4 Å². The zero-order valence-electron chi connectivity index (χ0n) is 13.0. The van der Waals surface area contributed by atoms with Gasteiger partial charge in [0, 0.05) is 31.9 Å². The Bertz CT molecular complexity index is 626. The van der Waals surface area contributed by atoms with Gasteiger partial charge in [-0.05, 0) is 13.8 Å². The summed E-state index contributed by atoms with van der Waals surface area (Å²) in [6, 6.07) is 0.187. The molecule has 2 heterocycles. The van der Waals surface area contributed by atoms with Gasteiger partial charge in [0.05, 0.1) is 30.7 Å². The zero-order chi connectivity index (χ0) is 16.3.